The number of nitrogens with zero attached hydrogens (tertiary/aromatic N) is 2. The Labute approximate surface area is 151 Å². The molecule has 0 aliphatic heterocycles. The molecule has 0 saturated heterocycles. The van der Waals surface area contributed by atoms with Crippen LogP contribution in [-0.2, 0) is 6.54 Å². The number of hydrogen-bond donors (Lipinski definition) is 0. The zero-order valence-electron chi connectivity index (χ0n) is 15.7. The average Bonchev–Trinajstić information content (AvgIpc) is 3.00. The highest BCUT2D eigenvalue weighted by Gasteiger charge is 2.12. The molecular formula is C23H30N2. The third kappa shape index (κ3) is 4.50. The summed E-state index contributed by atoms with van der Waals surface area (Å²) in [6.45, 7) is 5.47. The lowest BCUT2D eigenvalue weighted by molar-refractivity contribution is 0.557. The van der Waals surface area contributed by atoms with E-state index in [2.05, 4.69) is 66.9 Å². The summed E-state index contributed by atoms with van der Waals surface area (Å²) < 4.78 is 2.41. The Morgan fingerprint density at radius 2 is 1.60 bits per heavy atom. The van der Waals surface area contributed by atoms with Gasteiger partial charge >= 0.3 is 0 Å². The number of imidazole rings is 1. The van der Waals surface area contributed by atoms with Crippen LogP contribution in [0.3, 0.4) is 0 Å². The number of fused-ring (bicyclic) bond motifs is 1. The van der Waals surface area contributed by atoms with Crippen LogP contribution in [-0.4, -0.2) is 9.55 Å². The van der Waals surface area contributed by atoms with E-state index in [0.717, 1.165) is 17.9 Å². The standard InChI is InChI=1S/C23H30N2/c1-3-4-5-6-7-8-11-17-25-22-16-10-9-15-21(22)24-23(25)20-14-12-13-19(2)18-20/h9-10,12-16,18H,3-8,11,17H2,1-2H3. The zero-order valence-corrected chi connectivity index (χ0v) is 15.7. The van der Waals surface area contributed by atoms with E-state index < -0.39 is 0 Å². The maximum Gasteiger partial charge on any atom is 0.141 e. The minimum atomic E-state index is 1.05. The van der Waals surface area contributed by atoms with Crippen LogP contribution >= 0.6 is 0 Å². The summed E-state index contributed by atoms with van der Waals surface area (Å²) in [7, 11) is 0. The lowest BCUT2D eigenvalue weighted by atomic mass is 10.1. The van der Waals surface area contributed by atoms with Gasteiger partial charge in [-0.25, -0.2) is 4.98 Å². The second kappa shape index (κ2) is 8.84. The van der Waals surface area contributed by atoms with Crippen molar-refractivity contribution in [2.75, 3.05) is 0 Å². The number of benzene rings is 2. The lowest BCUT2D eigenvalue weighted by Crippen LogP contribution is -2.01. The Balaban J connectivity index is 1.75. The van der Waals surface area contributed by atoms with Gasteiger partial charge in [0.05, 0.1) is 11.0 Å². The molecule has 0 fully saturated rings. The Morgan fingerprint density at radius 1 is 0.840 bits per heavy atom. The van der Waals surface area contributed by atoms with E-state index in [4.69, 9.17) is 4.98 Å². The molecule has 3 aromatic rings. The smallest absolute Gasteiger partial charge is 0.141 e. The van der Waals surface area contributed by atoms with E-state index in [1.807, 2.05) is 0 Å². The molecular weight excluding hydrogens is 304 g/mol. The van der Waals surface area contributed by atoms with Gasteiger partial charge in [-0.1, -0.05) is 81.3 Å². The predicted octanol–water partition coefficient (Wildman–Crippen LogP) is 6.76. The molecule has 0 saturated carbocycles. The Morgan fingerprint density at radius 3 is 2.40 bits per heavy atom. The Hall–Kier alpha value is -2.09. The SMILES string of the molecule is CCCCCCCCCn1c(-c2cccc(C)c2)nc2ccccc21. The molecule has 2 aromatic carbocycles. The molecule has 1 heterocycles. The number of hydrogen-bond acceptors (Lipinski definition) is 1. The van der Waals surface area contributed by atoms with Crippen LogP contribution < -0.4 is 0 Å². The molecule has 25 heavy (non-hydrogen) atoms. The minimum Gasteiger partial charge on any atom is -0.324 e. The van der Waals surface area contributed by atoms with Crippen molar-refractivity contribution in [3.63, 3.8) is 0 Å². The maximum absolute atomic E-state index is 4.93. The first-order valence-electron chi connectivity index (χ1n) is 9.82. The fourth-order valence-electron chi connectivity index (χ4n) is 3.53. The second-order valence-electron chi connectivity index (χ2n) is 7.07. The maximum atomic E-state index is 4.93. The average molecular weight is 335 g/mol. The van der Waals surface area contributed by atoms with E-state index >= 15 is 0 Å². The van der Waals surface area contributed by atoms with Crippen LogP contribution in [0.1, 0.15) is 57.4 Å². The van der Waals surface area contributed by atoms with Crippen molar-refractivity contribution in [2.24, 2.45) is 0 Å². The van der Waals surface area contributed by atoms with Gasteiger partial charge in [-0.2, -0.15) is 0 Å². The van der Waals surface area contributed by atoms with Crippen LogP contribution in [0.5, 0.6) is 0 Å². The lowest BCUT2D eigenvalue weighted by Gasteiger charge is -2.10. The molecule has 0 N–H and O–H groups in total. The molecule has 3 rings (SSSR count). The summed E-state index contributed by atoms with van der Waals surface area (Å²) in [4.78, 5) is 4.93. The van der Waals surface area contributed by atoms with Gasteiger partial charge in [0.2, 0.25) is 0 Å². The van der Waals surface area contributed by atoms with Crippen molar-refractivity contribution in [1.29, 1.82) is 0 Å². The van der Waals surface area contributed by atoms with E-state index in [1.165, 1.54) is 61.6 Å². The van der Waals surface area contributed by atoms with Crippen molar-refractivity contribution >= 4 is 11.0 Å². The van der Waals surface area contributed by atoms with Crippen molar-refractivity contribution < 1.29 is 0 Å². The van der Waals surface area contributed by atoms with Gasteiger partial charge < -0.3 is 4.57 Å². The molecule has 0 amide bonds. The van der Waals surface area contributed by atoms with Gasteiger partial charge in [-0.15, -0.1) is 0 Å². The quantitative estimate of drug-likeness (QED) is 0.395. The van der Waals surface area contributed by atoms with Gasteiger partial charge in [-0.3, -0.25) is 0 Å². The molecule has 2 heteroatoms. The predicted molar refractivity (Wildman–Crippen MR) is 108 cm³/mol. The molecule has 1 aromatic heterocycles. The van der Waals surface area contributed by atoms with Gasteiger partial charge in [0.25, 0.3) is 0 Å². The van der Waals surface area contributed by atoms with E-state index in [-0.39, 0.29) is 0 Å². The molecule has 0 spiro atoms. The Bertz CT molecular complexity index is 801. The van der Waals surface area contributed by atoms with Gasteiger partial charge in [-0.05, 0) is 31.5 Å². The first-order valence-corrected chi connectivity index (χ1v) is 9.82. The number of rotatable bonds is 9. The zero-order chi connectivity index (χ0) is 17.5. The van der Waals surface area contributed by atoms with Crippen molar-refractivity contribution in [2.45, 2.75) is 65.3 Å². The number of unbranched alkanes of at least 4 members (excludes halogenated alkanes) is 6. The van der Waals surface area contributed by atoms with Crippen LogP contribution in [0.2, 0.25) is 0 Å². The summed E-state index contributed by atoms with van der Waals surface area (Å²) in [6.07, 6.45) is 9.36. The van der Waals surface area contributed by atoms with Gasteiger partial charge in [0, 0.05) is 12.1 Å². The summed E-state index contributed by atoms with van der Waals surface area (Å²) in [6, 6.07) is 17.2. The summed E-state index contributed by atoms with van der Waals surface area (Å²) >= 11 is 0. The largest absolute Gasteiger partial charge is 0.324 e. The van der Waals surface area contributed by atoms with Crippen LogP contribution in [0.4, 0.5) is 0 Å². The molecule has 0 aliphatic carbocycles. The minimum absolute atomic E-state index is 1.05. The number of para-hydroxylation sites is 2. The van der Waals surface area contributed by atoms with E-state index in [0.29, 0.717) is 0 Å². The van der Waals surface area contributed by atoms with Crippen molar-refractivity contribution in [3.05, 3.63) is 54.1 Å². The fourth-order valence-corrected chi connectivity index (χ4v) is 3.53. The molecule has 0 aliphatic rings. The third-order valence-corrected chi connectivity index (χ3v) is 4.92. The van der Waals surface area contributed by atoms with Crippen LogP contribution in [0.15, 0.2) is 48.5 Å². The normalized spacial score (nSPS) is 11.3. The van der Waals surface area contributed by atoms with Crippen LogP contribution in [0, 0.1) is 6.92 Å². The highest BCUT2D eigenvalue weighted by molar-refractivity contribution is 5.80. The van der Waals surface area contributed by atoms with Crippen molar-refractivity contribution in [1.82, 2.24) is 9.55 Å². The summed E-state index contributed by atoms with van der Waals surface area (Å²) in [5.74, 6) is 1.11. The molecule has 132 valence electrons. The monoisotopic (exact) mass is 334 g/mol. The number of aromatic nitrogens is 2. The van der Waals surface area contributed by atoms with E-state index in [1.54, 1.807) is 0 Å². The second-order valence-corrected chi connectivity index (χ2v) is 7.07. The van der Waals surface area contributed by atoms with Gasteiger partial charge in [0.1, 0.15) is 5.82 Å². The fraction of sp³-hybridized carbons (Fsp3) is 0.435. The van der Waals surface area contributed by atoms with Crippen molar-refractivity contribution in [3.8, 4) is 11.4 Å². The van der Waals surface area contributed by atoms with Crippen LogP contribution in [0.25, 0.3) is 22.4 Å². The first kappa shape index (κ1) is 17.7. The first-order chi connectivity index (χ1) is 12.3. The topological polar surface area (TPSA) is 17.8 Å². The molecule has 0 bridgehead atoms. The summed E-state index contributed by atoms with van der Waals surface area (Å²) in [5.41, 5.74) is 4.86. The molecule has 0 radical (unpaired) electrons. The molecule has 2 nitrogen and oxygen atoms in total. The number of aryl methyl sites for hydroxylation is 2. The highest BCUT2D eigenvalue weighted by atomic mass is 15.1. The summed E-state index contributed by atoms with van der Waals surface area (Å²) in [5, 5.41) is 0. The molecule has 0 atom stereocenters. The molecule has 0 unspecified atom stereocenters. The van der Waals surface area contributed by atoms with E-state index in [9.17, 15) is 0 Å². The highest BCUT2D eigenvalue weighted by Crippen LogP contribution is 2.26. The third-order valence-electron chi connectivity index (χ3n) is 4.92. The van der Waals surface area contributed by atoms with Gasteiger partial charge in [0.15, 0.2) is 0 Å². The Kier molecular flexibility index (Phi) is 6.27.